The predicted octanol–water partition coefficient (Wildman–Crippen LogP) is 3.47. The van der Waals surface area contributed by atoms with Crippen LogP contribution in [-0.4, -0.2) is 13.1 Å². The first kappa shape index (κ1) is 12.9. The third-order valence-corrected chi connectivity index (χ3v) is 4.19. The second-order valence-corrected chi connectivity index (χ2v) is 6.29. The lowest BCUT2D eigenvalue weighted by Gasteiger charge is -2.26. The fourth-order valence-electron chi connectivity index (χ4n) is 2.56. The highest BCUT2D eigenvalue weighted by Gasteiger charge is 2.30. The van der Waals surface area contributed by atoms with Crippen molar-refractivity contribution in [3.8, 4) is 0 Å². The molecule has 0 spiro atoms. The Bertz CT molecular complexity index is 436. The average Bonchev–Trinajstić information content (AvgIpc) is 3.23. The minimum absolute atomic E-state index is 0.108. The zero-order chi connectivity index (χ0) is 13.4. The van der Waals surface area contributed by atoms with Gasteiger partial charge in [-0.05, 0) is 62.1 Å². The molecule has 2 nitrogen and oxygen atoms in total. The van der Waals surface area contributed by atoms with E-state index >= 15 is 0 Å². The Morgan fingerprint density at radius 3 is 2.21 bits per heavy atom. The Hall–Kier alpha value is -1.09. The van der Waals surface area contributed by atoms with Gasteiger partial charge in [0.25, 0.3) is 0 Å². The van der Waals surface area contributed by atoms with Crippen LogP contribution in [0.1, 0.15) is 44.2 Å². The van der Waals surface area contributed by atoms with E-state index in [0.29, 0.717) is 0 Å². The van der Waals surface area contributed by atoms with E-state index in [1.807, 2.05) is 19.1 Å². The molecule has 0 aliphatic heterocycles. The van der Waals surface area contributed by atoms with E-state index in [1.54, 1.807) is 6.07 Å². The number of halogens is 1. The molecule has 19 heavy (non-hydrogen) atoms. The van der Waals surface area contributed by atoms with E-state index in [1.165, 1.54) is 25.7 Å². The molecule has 104 valence electrons. The summed E-state index contributed by atoms with van der Waals surface area (Å²) in [5, 5.41) is 0. The molecule has 1 atom stereocenters. The average molecular weight is 262 g/mol. The van der Waals surface area contributed by atoms with Crippen LogP contribution >= 0.6 is 0 Å². The first-order chi connectivity index (χ1) is 9.13. The van der Waals surface area contributed by atoms with Crippen LogP contribution in [0.5, 0.6) is 0 Å². The molecule has 2 saturated carbocycles. The summed E-state index contributed by atoms with van der Waals surface area (Å²) in [6, 6.07) is 5.38. The predicted molar refractivity (Wildman–Crippen MR) is 76.7 cm³/mol. The Kier molecular flexibility index (Phi) is 3.48. The topological polar surface area (TPSA) is 29.3 Å². The number of hydrogen-bond acceptors (Lipinski definition) is 2. The van der Waals surface area contributed by atoms with Crippen molar-refractivity contribution in [2.45, 2.75) is 38.6 Å². The number of nitrogens with two attached hydrogens (primary N) is 1. The summed E-state index contributed by atoms with van der Waals surface area (Å²) in [5.41, 5.74) is 7.45. The number of benzene rings is 1. The van der Waals surface area contributed by atoms with Gasteiger partial charge in [0.15, 0.2) is 0 Å². The first-order valence-electron chi connectivity index (χ1n) is 7.43. The van der Waals surface area contributed by atoms with E-state index in [9.17, 15) is 4.39 Å². The van der Waals surface area contributed by atoms with Crippen LogP contribution in [0.2, 0.25) is 0 Å². The Labute approximate surface area is 114 Å². The maximum Gasteiger partial charge on any atom is 0.146 e. The molecule has 0 heterocycles. The van der Waals surface area contributed by atoms with Crippen LogP contribution in [0.15, 0.2) is 18.2 Å². The molecule has 1 aromatic rings. The smallest absolute Gasteiger partial charge is 0.146 e. The summed E-state index contributed by atoms with van der Waals surface area (Å²) < 4.78 is 14.3. The van der Waals surface area contributed by atoms with Gasteiger partial charge in [-0.2, -0.15) is 0 Å². The molecule has 1 aromatic carbocycles. The fourth-order valence-corrected chi connectivity index (χ4v) is 2.56. The van der Waals surface area contributed by atoms with Gasteiger partial charge in [-0.1, -0.05) is 6.07 Å². The summed E-state index contributed by atoms with van der Waals surface area (Å²) in [6.45, 7) is 3.93. The van der Waals surface area contributed by atoms with Gasteiger partial charge >= 0.3 is 0 Å². The molecule has 2 fully saturated rings. The van der Waals surface area contributed by atoms with Crippen molar-refractivity contribution in [1.82, 2.24) is 0 Å². The maximum atomic E-state index is 14.3. The molecule has 3 rings (SSSR count). The summed E-state index contributed by atoms with van der Waals surface area (Å²) in [6.07, 6.45) is 5.23. The molecule has 0 radical (unpaired) electrons. The van der Waals surface area contributed by atoms with E-state index < -0.39 is 0 Å². The molecule has 2 N–H and O–H groups in total. The summed E-state index contributed by atoms with van der Waals surface area (Å²) >= 11 is 0. The monoisotopic (exact) mass is 262 g/mol. The molecule has 0 bridgehead atoms. The molecule has 3 heteroatoms. The third-order valence-electron chi connectivity index (χ3n) is 4.19. The standard InChI is InChI=1S/C16H23FN2/c1-11(18)14-6-7-16(15(17)8-14)19(9-12-2-3-12)10-13-4-5-13/h6-8,11-13H,2-5,9-10,18H2,1H3/t11-/m1/s1. The molecule has 2 aliphatic rings. The van der Waals surface area contributed by atoms with Gasteiger partial charge in [-0.25, -0.2) is 4.39 Å². The number of hydrogen-bond donors (Lipinski definition) is 1. The van der Waals surface area contributed by atoms with Gasteiger partial charge in [-0.15, -0.1) is 0 Å². The van der Waals surface area contributed by atoms with Crippen molar-refractivity contribution < 1.29 is 4.39 Å². The van der Waals surface area contributed by atoms with E-state index in [0.717, 1.165) is 36.2 Å². The van der Waals surface area contributed by atoms with Gasteiger partial charge in [0.1, 0.15) is 5.82 Å². The molecule has 0 unspecified atom stereocenters. The van der Waals surface area contributed by atoms with Crippen molar-refractivity contribution in [3.05, 3.63) is 29.6 Å². The Morgan fingerprint density at radius 2 is 1.79 bits per heavy atom. The highest BCUT2D eigenvalue weighted by atomic mass is 19.1. The lowest BCUT2D eigenvalue weighted by molar-refractivity contribution is 0.599. The van der Waals surface area contributed by atoms with Gasteiger partial charge in [0.05, 0.1) is 5.69 Å². The molecule has 2 aliphatic carbocycles. The number of rotatable bonds is 6. The molecular formula is C16H23FN2. The van der Waals surface area contributed by atoms with Crippen molar-refractivity contribution >= 4 is 5.69 Å². The van der Waals surface area contributed by atoms with E-state index in [-0.39, 0.29) is 11.9 Å². The fraction of sp³-hybridized carbons (Fsp3) is 0.625. The highest BCUT2D eigenvalue weighted by Crippen LogP contribution is 2.36. The van der Waals surface area contributed by atoms with Crippen molar-refractivity contribution in [3.63, 3.8) is 0 Å². The van der Waals surface area contributed by atoms with E-state index in [2.05, 4.69) is 4.90 Å². The minimum atomic E-state index is -0.115. The first-order valence-corrected chi connectivity index (χ1v) is 7.43. The molecule has 0 amide bonds. The van der Waals surface area contributed by atoms with Gasteiger partial charge in [0, 0.05) is 19.1 Å². The summed E-state index contributed by atoms with van der Waals surface area (Å²) in [4.78, 5) is 2.26. The summed E-state index contributed by atoms with van der Waals surface area (Å²) in [7, 11) is 0. The maximum absolute atomic E-state index is 14.3. The highest BCUT2D eigenvalue weighted by molar-refractivity contribution is 5.50. The lowest BCUT2D eigenvalue weighted by Crippen LogP contribution is -2.29. The number of nitrogens with zero attached hydrogens (tertiary/aromatic N) is 1. The third kappa shape index (κ3) is 3.27. The summed E-state index contributed by atoms with van der Waals surface area (Å²) in [5.74, 6) is 1.45. The second kappa shape index (κ2) is 5.12. The van der Waals surface area contributed by atoms with Crippen molar-refractivity contribution in [2.24, 2.45) is 17.6 Å². The largest absolute Gasteiger partial charge is 0.369 e. The van der Waals surface area contributed by atoms with E-state index in [4.69, 9.17) is 5.73 Å². The normalized spacial score (nSPS) is 20.4. The quantitative estimate of drug-likeness (QED) is 0.850. The van der Waals surface area contributed by atoms with Crippen LogP contribution in [0.25, 0.3) is 0 Å². The minimum Gasteiger partial charge on any atom is -0.369 e. The van der Waals surface area contributed by atoms with Gasteiger partial charge in [0.2, 0.25) is 0 Å². The lowest BCUT2D eigenvalue weighted by atomic mass is 10.1. The Morgan fingerprint density at radius 1 is 1.21 bits per heavy atom. The van der Waals surface area contributed by atoms with Crippen LogP contribution in [0, 0.1) is 17.7 Å². The molecule has 0 saturated heterocycles. The zero-order valence-electron chi connectivity index (χ0n) is 11.6. The van der Waals surface area contributed by atoms with Crippen molar-refractivity contribution in [2.75, 3.05) is 18.0 Å². The Balaban J connectivity index is 1.79. The second-order valence-electron chi connectivity index (χ2n) is 6.29. The molecular weight excluding hydrogens is 239 g/mol. The van der Waals surface area contributed by atoms with Crippen LogP contribution in [-0.2, 0) is 0 Å². The zero-order valence-corrected chi connectivity index (χ0v) is 11.6. The molecule has 0 aromatic heterocycles. The van der Waals surface area contributed by atoms with Crippen LogP contribution in [0.3, 0.4) is 0 Å². The van der Waals surface area contributed by atoms with Crippen LogP contribution < -0.4 is 10.6 Å². The number of anilines is 1. The van der Waals surface area contributed by atoms with Gasteiger partial charge in [-0.3, -0.25) is 0 Å². The van der Waals surface area contributed by atoms with Crippen LogP contribution in [0.4, 0.5) is 10.1 Å². The SMILES string of the molecule is C[C@@H](N)c1ccc(N(CC2CC2)CC2CC2)c(F)c1. The van der Waals surface area contributed by atoms with Gasteiger partial charge < -0.3 is 10.6 Å². The van der Waals surface area contributed by atoms with Crippen molar-refractivity contribution in [1.29, 1.82) is 0 Å².